The van der Waals surface area contributed by atoms with Crippen LogP contribution < -0.4 is 25.3 Å². The highest BCUT2D eigenvalue weighted by Crippen LogP contribution is 2.29. The summed E-state index contributed by atoms with van der Waals surface area (Å²) in [5.41, 5.74) is 7.75. The number of aliphatic imine (C=N–C) groups is 1. The predicted molar refractivity (Wildman–Crippen MR) is 112 cm³/mol. The van der Waals surface area contributed by atoms with Crippen LogP contribution in [-0.4, -0.2) is 26.8 Å². The quantitative estimate of drug-likeness (QED) is 0.377. The third-order valence-corrected chi connectivity index (χ3v) is 3.30. The van der Waals surface area contributed by atoms with Crippen molar-refractivity contribution >= 4 is 35.6 Å². The van der Waals surface area contributed by atoms with Crippen molar-refractivity contribution in [3.05, 3.63) is 48.0 Å². The molecule has 3 N–H and O–H groups in total. The van der Waals surface area contributed by atoms with Gasteiger partial charge in [-0.05, 0) is 36.8 Å². The van der Waals surface area contributed by atoms with Gasteiger partial charge in [0.15, 0.2) is 17.5 Å². The average Bonchev–Trinajstić information content (AvgIpc) is 2.60. The van der Waals surface area contributed by atoms with Crippen molar-refractivity contribution in [2.75, 3.05) is 26.1 Å². The van der Waals surface area contributed by atoms with Gasteiger partial charge in [-0.1, -0.05) is 12.1 Å². The van der Waals surface area contributed by atoms with E-state index in [1.807, 2.05) is 37.3 Å². The molecule has 0 amide bonds. The summed E-state index contributed by atoms with van der Waals surface area (Å²) in [5.74, 6) is 2.44. The molecule has 2 aromatic rings. The normalized spacial score (nSPS) is 10.6. The number of halogens is 1. The molecule has 0 aliphatic rings. The van der Waals surface area contributed by atoms with Gasteiger partial charge in [0.25, 0.3) is 0 Å². The third-order valence-electron chi connectivity index (χ3n) is 3.30. The van der Waals surface area contributed by atoms with Gasteiger partial charge in [-0.15, -0.1) is 24.0 Å². The summed E-state index contributed by atoms with van der Waals surface area (Å²) in [5, 5.41) is 3.04. The van der Waals surface area contributed by atoms with Crippen LogP contribution >= 0.6 is 24.0 Å². The van der Waals surface area contributed by atoms with Crippen LogP contribution in [0.25, 0.3) is 0 Å². The largest absolute Gasteiger partial charge is 0.494 e. The van der Waals surface area contributed by atoms with Gasteiger partial charge in [0.05, 0.1) is 27.4 Å². The van der Waals surface area contributed by atoms with E-state index in [1.165, 1.54) is 0 Å². The van der Waals surface area contributed by atoms with E-state index in [9.17, 15) is 0 Å². The number of rotatable bonds is 7. The molecule has 6 nitrogen and oxygen atoms in total. The van der Waals surface area contributed by atoms with Gasteiger partial charge >= 0.3 is 0 Å². The van der Waals surface area contributed by atoms with Gasteiger partial charge < -0.3 is 25.3 Å². The Balaban J connectivity index is 0.00000312. The molecular formula is C18H24IN3O3. The summed E-state index contributed by atoms with van der Waals surface area (Å²) < 4.78 is 15.9. The molecule has 0 spiro atoms. The minimum absolute atomic E-state index is 0. The van der Waals surface area contributed by atoms with E-state index >= 15 is 0 Å². The first-order valence-electron chi connectivity index (χ1n) is 7.67. The maximum atomic E-state index is 5.95. The van der Waals surface area contributed by atoms with Crippen molar-refractivity contribution in [1.82, 2.24) is 0 Å². The van der Waals surface area contributed by atoms with Gasteiger partial charge in [-0.25, -0.2) is 4.99 Å². The van der Waals surface area contributed by atoms with Crippen molar-refractivity contribution in [3.63, 3.8) is 0 Å². The van der Waals surface area contributed by atoms with Crippen LogP contribution in [0.15, 0.2) is 47.5 Å². The lowest BCUT2D eigenvalue weighted by atomic mass is 10.2. The van der Waals surface area contributed by atoms with Crippen molar-refractivity contribution in [2.24, 2.45) is 10.7 Å². The minimum Gasteiger partial charge on any atom is -0.494 e. The van der Waals surface area contributed by atoms with Crippen LogP contribution in [0.1, 0.15) is 12.5 Å². The van der Waals surface area contributed by atoms with E-state index in [4.69, 9.17) is 19.9 Å². The van der Waals surface area contributed by atoms with E-state index < -0.39 is 0 Å². The van der Waals surface area contributed by atoms with Crippen LogP contribution in [0, 0.1) is 0 Å². The molecule has 0 aromatic heterocycles. The molecule has 0 saturated carbocycles. The van der Waals surface area contributed by atoms with Crippen molar-refractivity contribution in [2.45, 2.75) is 13.5 Å². The van der Waals surface area contributed by atoms with Crippen LogP contribution in [0.4, 0.5) is 5.69 Å². The van der Waals surface area contributed by atoms with Gasteiger partial charge in [0, 0.05) is 11.8 Å². The topological polar surface area (TPSA) is 78.1 Å². The molecule has 136 valence electrons. The van der Waals surface area contributed by atoms with Crippen LogP contribution in [0.2, 0.25) is 0 Å². The van der Waals surface area contributed by atoms with Crippen molar-refractivity contribution in [1.29, 1.82) is 0 Å². The van der Waals surface area contributed by atoms with E-state index in [0.29, 0.717) is 30.6 Å². The Morgan fingerprint density at radius 3 is 2.52 bits per heavy atom. The number of nitrogens with zero attached hydrogens (tertiary/aromatic N) is 1. The monoisotopic (exact) mass is 457 g/mol. The lowest BCUT2D eigenvalue weighted by molar-refractivity contribution is 0.340. The molecule has 0 saturated heterocycles. The zero-order valence-electron chi connectivity index (χ0n) is 14.6. The Labute approximate surface area is 165 Å². The number of benzene rings is 2. The molecule has 0 heterocycles. The molecule has 2 rings (SSSR count). The third kappa shape index (κ3) is 6.33. The molecule has 0 radical (unpaired) electrons. The molecule has 0 aliphatic heterocycles. The fourth-order valence-corrected chi connectivity index (χ4v) is 2.18. The molecule has 2 aromatic carbocycles. The number of guanidine groups is 1. The first-order valence-corrected chi connectivity index (χ1v) is 7.67. The first-order chi connectivity index (χ1) is 11.7. The summed E-state index contributed by atoms with van der Waals surface area (Å²) in [7, 11) is 3.18. The second kappa shape index (κ2) is 10.7. The van der Waals surface area contributed by atoms with Crippen molar-refractivity contribution < 1.29 is 14.2 Å². The lowest BCUT2D eigenvalue weighted by Crippen LogP contribution is -2.22. The molecule has 7 heteroatoms. The standard InChI is InChI=1S/C18H23N3O3.HI/c1-4-24-15-7-5-6-13(10-15)12-20-18(19)21-14-8-9-16(22-2)17(11-14)23-3;/h5-11H,4,12H2,1-3H3,(H3,19,20,21);1H. The summed E-state index contributed by atoms with van der Waals surface area (Å²) in [4.78, 5) is 4.34. The molecule has 0 bridgehead atoms. The predicted octanol–water partition coefficient (Wildman–Crippen LogP) is 3.65. The van der Waals surface area contributed by atoms with Crippen LogP contribution in [0.5, 0.6) is 17.2 Å². The highest BCUT2D eigenvalue weighted by Gasteiger charge is 2.05. The Kier molecular flexibility index (Phi) is 8.90. The van der Waals surface area contributed by atoms with Gasteiger partial charge in [-0.3, -0.25) is 0 Å². The lowest BCUT2D eigenvalue weighted by Gasteiger charge is -2.11. The van der Waals surface area contributed by atoms with Crippen LogP contribution in [-0.2, 0) is 6.54 Å². The van der Waals surface area contributed by atoms with Gasteiger partial charge in [-0.2, -0.15) is 0 Å². The first kappa shape index (κ1) is 20.9. The number of anilines is 1. The number of nitrogens with one attached hydrogen (secondary N) is 1. The van der Waals surface area contributed by atoms with Crippen LogP contribution in [0.3, 0.4) is 0 Å². The van der Waals surface area contributed by atoms with E-state index in [1.54, 1.807) is 26.4 Å². The fraction of sp³-hybridized carbons (Fsp3) is 0.278. The van der Waals surface area contributed by atoms with E-state index in [2.05, 4.69) is 10.3 Å². The minimum atomic E-state index is 0. The average molecular weight is 457 g/mol. The second-order valence-corrected chi connectivity index (χ2v) is 4.98. The summed E-state index contributed by atoms with van der Waals surface area (Å²) >= 11 is 0. The molecule has 0 aliphatic carbocycles. The Hall–Kier alpha value is -2.16. The number of methoxy groups -OCH3 is 2. The molecule has 25 heavy (non-hydrogen) atoms. The molecule has 0 fully saturated rings. The highest BCUT2D eigenvalue weighted by atomic mass is 127. The SMILES string of the molecule is CCOc1cccc(CN=C(N)Nc2ccc(OC)c(OC)c2)c1.I. The van der Waals surface area contributed by atoms with E-state index in [0.717, 1.165) is 17.0 Å². The van der Waals surface area contributed by atoms with Crippen molar-refractivity contribution in [3.8, 4) is 17.2 Å². The second-order valence-electron chi connectivity index (χ2n) is 4.98. The zero-order chi connectivity index (χ0) is 17.4. The fourth-order valence-electron chi connectivity index (χ4n) is 2.18. The Morgan fingerprint density at radius 2 is 1.84 bits per heavy atom. The van der Waals surface area contributed by atoms with Gasteiger partial charge in [0.2, 0.25) is 0 Å². The number of ether oxygens (including phenoxy) is 3. The van der Waals surface area contributed by atoms with Gasteiger partial charge in [0.1, 0.15) is 5.75 Å². The Morgan fingerprint density at radius 1 is 1.08 bits per heavy atom. The number of nitrogens with two attached hydrogens (primary N) is 1. The Bertz CT molecular complexity index is 708. The molecule has 0 unspecified atom stereocenters. The molecule has 0 atom stereocenters. The number of hydrogen-bond acceptors (Lipinski definition) is 4. The maximum Gasteiger partial charge on any atom is 0.193 e. The summed E-state index contributed by atoms with van der Waals surface area (Å²) in [6, 6.07) is 13.2. The summed E-state index contributed by atoms with van der Waals surface area (Å²) in [6.07, 6.45) is 0. The number of hydrogen-bond donors (Lipinski definition) is 2. The smallest absolute Gasteiger partial charge is 0.193 e. The van der Waals surface area contributed by atoms with E-state index in [-0.39, 0.29) is 24.0 Å². The maximum absolute atomic E-state index is 5.95. The zero-order valence-corrected chi connectivity index (χ0v) is 16.9. The summed E-state index contributed by atoms with van der Waals surface area (Å²) in [6.45, 7) is 3.05. The highest BCUT2D eigenvalue weighted by molar-refractivity contribution is 14.0. The molecular weight excluding hydrogens is 433 g/mol.